The summed E-state index contributed by atoms with van der Waals surface area (Å²) in [5.74, 6) is 0. The van der Waals surface area contributed by atoms with Crippen LogP contribution in [0.1, 0.15) is 11.1 Å². The number of hydrogen-bond acceptors (Lipinski definition) is 2. The van der Waals surface area contributed by atoms with E-state index in [1.165, 1.54) is 0 Å². The van der Waals surface area contributed by atoms with Gasteiger partial charge in [0.25, 0.3) is 0 Å². The minimum absolute atomic E-state index is 0.408. The molecule has 1 rings (SSSR count). The van der Waals surface area contributed by atoms with Crippen molar-refractivity contribution in [2.45, 2.75) is 6.42 Å². The van der Waals surface area contributed by atoms with Gasteiger partial charge in [0.1, 0.15) is 0 Å². The lowest BCUT2D eigenvalue weighted by Gasteiger charge is -1.91. The minimum atomic E-state index is 0.408. The van der Waals surface area contributed by atoms with Crippen LogP contribution in [-0.2, 0) is 6.42 Å². The summed E-state index contributed by atoms with van der Waals surface area (Å²) >= 11 is 0. The quantitative estimate of drug-likeness (QED) is 0.598. The van der Waals surface area contributed by atoms with Crippen molar-refractivity contribution < 1.29 is 0 Å². The van der Waals surface area contributed by atoms with Crippen LogP contribution < -0.4 is 0 Å². The molecule has 2 heteroatoms. The predicted octanol–water partition coefficient (Wildman–Crippen LogP) is 1.62. The molecule has 0 fully saturated rings. The van der Waals surface area contributed by atoms with Gasteiger partial charge in [-0.15, -0.1) is 0 Å². The molecule has 1 aromatic carbocycles. The Bertz CT molecular complexity index is 311. The van der Waals surface area contributed by atoms with Gasteiger partial charge in [0, 0.05) is 0 Å². The van der Waals surface area contributed by atoms with Crippen molar-refractivity contribution in [3.63, 3.8) is 0 Å². The van der Waals surface area contributed by atoms with Crippen LogP contribution >= 0.6 is 0 Å². The number of rotatable bonds is 1. The van der Waals surface area contributed by atoms with Crippen molar-refractivity contribution in [3.8, 4) is 12.1 Å². The molecule has 0 saturated heterocycles. The molecule has 0 radical (unpaired) electrons. The van der Waals surface area contributed by atoms with Gasteiger partial charge in [-0.1, -0.05) is 12.1 Å². The van der Waals surface area contributed by atoms with Crippen molar-refractivity contribution >= 4 is 0 Å². The van der Waals surface area contributed by atoms with Gasteiger partial charge in [0.05, 0.1) is 24.1 Å². The number of benzene rings is 1. The van der Waals surface area contributed by atoms with E-state index in [0.29, 0.717) is 12.0 Å². The van der Waals surface area contributed by atoms with Crippen LogP contribution in [-0.4, -0.2) is 0 Å². The van der Waals surface area contributed by atoms with Crippen molar-refractivity contribution in [1.82, 2.24) is 0 Å². The summed E-state index contributed by atoms with van der Waals surface area (Å²) in [7, 11) is 0. The van der Waals surface area contributed by atoms with E-state index in [-0.39, 0.29) is 0 Å². The SMILES string of the molecule is N#CCc1ccc(C#N)cc1. The Morgan fingerprint density at radius 3 is 2.18 bits per heavy atom. The average molecular weight is 142 g/mol. The van der Waals surface area contributed by atoms with Gasteiger partial charge in [-0.3, -0.25) is 0 Å². The Morgan fingerprint density at radius 2 is 1.73 bits per heavy atom. The molecule has 52 valence electrons. The summed E-state index contributed by atoms with van der Waals surface area (Å²) in [6.07, 6.45) is 0.408. The molecule has 0 aromatic heterocycles. The highest BCUT2D eigenvalue weighted by Gasteiger charge is 1.90. The van der Waals surface area contributed by atoms with Crippen LogP contribution in [0.25, 0.3) is 0 Å². The van der Waals surface area contributed by atoms with Crippen LogP contribution in [0.2, 0.25) is 0 Å². The summed E-state index contributed by atoms with van der Waals surface area (Å²) in [4.78, 5) is 0. The second-order valence-corrected chi connectivity index (χ2v) is 2.14. The fourth-order valence-corrected chi connectivity index (χ4v) is 0.788. The fourth-order valence-electron chi connectivity index (χ4n) is 0.788. The second-order valence-electron chi connectivity index (χ2n) is 2.14. The molecule has 11 heavy (non-hydrogen) atoms. The Hall–Kier alpha value is -1.80. The molecule has 1 aromatic rings. The first kappa shape index (κ1) is 7.31. The topological polar surface area (TPSA) is 47.6 Å². The molecular formula is C9H6N2. The lowest BCUT2D eigenvalue weighted by atomic mass is 10.1. The Labute approximate surface area is 65.3 Å². The predicted molar refractivity (Wildman–Crippen MR) is 40.5 cm³/mol. The molecule has 0 N–H and O–H groups in total. The first-order chi connectivity index (χ1) is 5.36. The molecule has 2 nitrogen and oxygen atoms in total. The van der Waals surface area contributed by atoms with E-state index in [2.05, 4.69) is 0 Å². The third-order valence-electron chi connectivity index (χ3n) is 1.37. The smallest absolute Gasteiger partial charge is 0.0991 e. The van der Waals surface area contributed by atoms with Gasteiger partial charge in [0.2, 0.25) is 0 Å². The lowest BCUT2D eigenvalue weighted by molar-refractivity contribution is 1.26. The van der Waals surface area contributed by atoms with Crippen LogP contribution in [0.15, 0.2) is 24.3 Å². The third kappa shape index (κ3) is 1.81. The van der Waals surface area contributed by atoms with Crippen LogP contribution in [0.5, 0.6) is 0 Å². The maximum absolute atomic E-state index is 8.44. The van der Waals surface area contributed by atoms with Crippen LogP contribution in [0.3, 0.4) is 0 Å². The monoisotopic (exact) mass is 142 g/mol. The largest absolute Gasteiger partial charge is 0.198 e. The number of nitriles is 2. The fraction of sp³-hybridized carbons (Fsp3) is 0.111. The third-order valence-corrected chi connectivity index (χ3v) is 1.37. The molecule has 0 atom stereocenters. The number of hydrogen-bond donors (Lipinski definition) is 0. The van der Waals surface area contributed by atoms with Crippen molar-refractivity contribution in [2.75, 3.05) is 0 Å². The summed E-state index contributed by atoms with van der Waals surface area (Å²) in [6, 6.07) is 11.1. The molecular weight excluding hydrogens is 136 g/mol. The van der Waals surface area contributed by atoms with E-state index >= 15 is 0 Å². The maximum atomic E-state index is 8.44. The molecule has 0 heterocycles. The van der Waals surface area contributed by atoms with E-state index in [9.17, 15) is 0 Å². The molecule has 0 bridgehead atoms. The first-order valence-corrected chi connectivity index (χ1v) is 3.23. The van der Waals surface area contributed by atoms with E-state index in [1.54, 1.807) is 24.3 Å². The highest BCUT2D eigenvalue weighted by Crippen LogP contribution is 2.02. The highest BCUT2D eigenvalue weighted by molar-refractivity contribution is 5.32. The number of nitrogens with zero attached hydrogens (tertiary/aromatic N) is 2. The summed E-state index contributed by atoms with van der Waals surface area (Å²) < 4.78 is 0. The van der Waals surface area contributed by atoms with Crippen LogP contribution in [0.4, 0.5) is 0 Å². The van der Waals surface area contributed by atoms with E-state index < -0.39 is 0 Å². The molecule has 0 aliphatic carbocycles. The molecule has 0 unspecified atom stereocenters. The second kappa shape index (κ2) is 3.39. The zero-order valence-corrected chi connectivity index (χ0v) is 5.91. The highest BCUT2D eigenvalue weighted by atomic mass is 14.2. The molecule has 0 aliphatic heterocycles. The minimum Gasteiger partial charge on any atom is -0.198 e. The Balaban J connectivity index is 2.87. The van der Waals surface area contributed by atoms with E-state index in [1.807, 2.05) is 12.1 Å². The summed E-state index contributed by atoms with van der Waals surface area (Å²) in [5, 5.41) is 16.8. The molecule has 0 amide bonds. The standard InChI is InChI=1S/C9H6N2/c10-6-5-8-1-3-9(7-11)4-2-8/h1-4H,5H2. The average Bonchev–Trinajstić information content (AvgIpc) is 2.07. The lowest BCUT2D eigenvalue weighted by Crippen LogP contribution is -1.80. The van der Waals surface area contributed by atoms with Gasteiger partial charge >= 0.3 is 0 Å². The van der Waals surface area contributed by atoms with Gasteiger partial charge in [-0.2, -0.15) is 10.5 Å². The van der Waals surface area contributed by atoms with Gasteiger partial charge < -0.3 is 0 Å². The molecule has 0 saturated carbocycles. The first-order valence-electron chi connectivity index (χ1n) is 3.23. The maximum Gasteiger partial charge on any atom is 0.0991 e. The summed E-state index contributed by atoms with van der Waals surface area (Å²) in [6.45, 7) is 0. The molecule has 0 aliphatic rings. The van der Waals surface area contributed by atoms with E-state index in [4.69, 9.17) is 10.5 Å². The van der Waals surface area contributed by atoms with Crippen molar-refractivity contribution in [2.24, 2.45) is 0 Å². The Morgan fingerprint density at radius 1 is 1.09 bits per heavy atom. The van der Waals surface area contributed by atoms with Gasteiger partial charge in [0.15, 0.2) is 0 Å². The zero-order chi connectivity index (χ0) is 8.10. The van der Waals surface area contributed by atoms with Gasteiger partial charge in [-0.25, -0.2) is 0 Å². The van der Waals surface area contributed by atoms with Crippen LogP contribution in [0, 0.1) is 22.7 Å². The van der Waals surface area contributed by atoms with Crippen molar-refractivity contribution in [3.05, 3.63) is 35.4 Å². The molecule has 0 spiro atoms. The van der Waals surface area contributed by atoms with E-state index in [0.717, 1.165) is 5.56 Å². The summed E-state index contributed by atoms with van der Waals surface area (Å²) in [5.41, 5.74) is 1.58. The zero-order valence-electron chi connectivity index (χ0n) is 5.91. The van der Waals surface area contributed by atoms with Crippen molar-refractivity contribution in [1.29, 1.82) is 10.5 Å². The van der Waals surface area contributed by atoms with Gasteiger partial charge in [-0.05, 0) is 17.7 Å². The normalized spacial score (nSPS) is 8.18. The Kier molecular flexibility index (Phi) is 2.25.